The molecule has 272 valence electrons. The second kappa shape index (κ2) is 13.0. The molecule has 10 aromatic carbocycles. The van der Waals surface area contributed by atoms with Crippen molar-refractivity contribution in [3.8, 4) is 50.7 Å². The van der Waals surface area contributed by atoms with E-state index in [0.717, 1.165) is 60.7 Å². The van der Waals surface area contributed by atoms with Crippen molar-refractivity contribution in [2.75, 3.05) is 0 Å². The summed E-state index contributed by atoms with van der Waals surface area (Å²) in [5.74, 6) is 0.586. The molecule has 0 unspecified atom stereocenters. The molecule has 0 bridgehead atoms. The Morgan fingerprint density at radius 1 is 0.390 bits per heavy atom. The molecule has 0 fully saturated rings. The molecule has 0 spiro atoms. The normalized spacial score (nSPS) is 11.7. The maximum absolute atomic E-state index is 8.17. The molecule has 12 aromatic rings. The molecule has 0 atom stereocenters. The minimum Gasteiger partial charge on any atom is -0.278 e. The van der Waals surface area contributed by atoms with Crippen LogP contribution in [0.2, 0.25) is 0 Å². The molecular formula is C55H32N4. The second-order valence-electron chi connectivity index (χ2n) is 15.1. The average molecular weight is 749 g/mol. The van der Waals surface area contributed by atoms with Gasteiger partial charge in [-0.3, -0.25) is 4.57 Å². The Bertz CT molecular complexity index is 3550. The van der Waals surface area contributed by atoms with E-state index in [1.54, 1.807) is 0 Å². The summed E-state index contributed by atoms with van der Waals surface area (Å²) in [6.07, 6.45) is 0. The van der Waals surface area contributed by atoms with Gasteiger partial charge in [-0.05, 0) is 83.5 Å². The molecule has 0 saturated carbocycles. The Morgan fingerprint density at radius 3 is 1.46 bits per heavy atom. The topological polar surface area (TPSA) is 35.1 Å². The van der Waals surface area contributed by atoms with Crippen LogP contribution >= 0.6 is 0 Å². The molecule has 0 aliphatic carbocycles. The number of rotatable bonds is 5. The van der Waals surface area contributed by atoms with Gasteiger partial charge in [-0.15, -0.1) is 0 Å². The zero-order chi connectivity index (χ0) is 39.0. The lowest BCUT2D eigenvalue weighted by Crippen LogP contribution is -2.04. The van der Waals surface area contributed by atoms with Crippen molar-refractivity contribution in [3.05, 3.63) is 206 Å². The molecule has 4 heteroatoms. The number of hydrogen-bond acceptors (Lipinski definition) is 2. The van der Waals surface area contributed by atoms with E-state index in [2.05, 4.69) is 161 Å². The Kier molecular flexibility index (Phi) is 7.26. The van der Waals surface area contributed by atoms with Crippen molar-refractivity contribution in [2.24, 2.45) is 0 Å². The number of benzene rings is 10. The molecule has 0 saturated heterocycles. The van der Waals surface area contributed by atoms with Gasteiger partial charge in [-0.1, -0.05) is 176 Å². The van der Waals surface area contributed by atoms with Crippen LogP contribution in [-0.4, -0.2) is 14.5 Å². The van der Waals surface area contributed by atoms with E-state index in [9.17, 15) is 0 Å². The fourth-order valence-corrected chi connectivity index (χ4v) is 9.47. The van der Waals surface area contributed by atoms with Crippen molar-refractivity contribution in [2.45, 2.75) is 0 Å². The van der Waals surface area contributed by atoms with Gasteiger partial charge in [0, 0.05) is 21.9 Å². The third-order valence-electron chi connectivity index (χ3n) is 12.0. The van der Waals surface area contributed by atoms with Crippen molar-refractivity contribution in [1.29, 1.82) is 0 Å². The number of hydrogen-bond donors (Lipinski definition) is 0. The summed E-state index contributed by atoms with van der Waals surface area (Å²) >= 11 is 0. The lowest BCUT2D eigenvalue weighted by molar-refractivity contribution is 0.996. The Labute approximate surface area is 340 Å². The van der Waals surface area contributed by atoms with Gasteiger partial charge in [-0.25, -0.2) is 14.8 Å². The van der Waals surface area contributed by atoms with Crippen LogP contribution in [0.15, 0.2) is 194 Å². The highest BCUT2D eigenvalue weighted by Gasteiger charge is 2.25. The summed E-state index contributed by atoms with van der Waals surface area (Å²) in [6, 6.07) is 68.5. The van der Waals surface area contributed by atoms with Gasteiger partial charge in [0.2, 0.25) is 5.95 Å². The number of aromatic nitrogens is 3. The van der Waals surface area contributed by atoms with Gasteiger partial charge in [0.15, 0.2) is 5.69 Å². The minimum absolute atomic E-state index is 0.586. The van der Waals surface area contributed by atoms with E-state index in [0.29, 0.717) is 11.6 Å². The lowest BCUT2D eigenvalue weighted by atomic mass is 9.83. The third-order valence-corrected chi connectivity index (χ3v) is 12.0. The first-order chi connectivity index (χ1) is 29.2. The molecule has 12 rings (SSSR count). The van der Waals surface area contributed by atoms with E-state index in [-0.39, 0.29) is 0 Å². The lowest BCUT2D eigenvalue weighted by Gasteiger charge is -2.20. The Balaban J connectivity index is 1.18. The molecule has 4 nitrogen and oxygen atoms in total. The summed E-state index contributed by atoms with van der Waals surface area (Å²) < 4.78 is 2.20. The second-order valence-corrected chi connectivity index (χ2v) is 15.1. The van der Waals surface area contributed by atoms with E-state index >= 15 is 0 Å². The standard InChI is InChI=1S/C55H32N4/c1-56-46-30-32-50-54-45(46)28-27-44-43(29-31-49(53(44)54)59(50)55-57-47(35-16-4-2-5-17-35)33-48(58-55)36-18-6-3-7-19-36)52-41-24-12-10-22-39(41)51(40-23-11-13-25-42(40)52)38-26-14-20-34-15-8-9-21-37(34)38/h2-33H. The summed E-state index contributed by atoms with van der Waals surface area (Å²) in [5.41, 5.74) is 11.1. The van der Waals surface area contributed by atoms with Crippen LogP contribution in [0.4, 0.5) is 5.69 Å². The molecule has 0 amide bonds. The fraction of sp³-hybridized carbons (Fsp3) is 0. The molecule has 0 aliphatic heterocycles. The van der Waals surface area contributed by atoms with Gasteiger partial charge in [0.05, 0.1) is 29.0 Å². The Hall–Kier alpha value is -8.13. The largest absolute Gasteiger partial charge is 0.278 e. The van der Waals surface area contributed by atoms with Crippen molar-refractivity contribution >= 4 is 70.6 Å². The van der Waals surface area contributed by atoms with Gasteiger partial charge in [0.1, 0.15) is 0 Å². The number of fused-ring (bicyclic) bond motifs is 3. The van der Waals surface area contributed by atoms with Crippen molar-refractivity contribution < 1.29 is 0 Å². The summed E-state index contributed by atoms with van der Waals surface area (Å²) in [4.78, 5) is 14.6. The van der Waals surface area contributed by atoms with Gasteiger partial charge < -0.3 is 0 Å². The van der Waals surface area contributed by atoms with Crippen LogP contribution < -0.4 is 0 Å². The van der Waals surface area contributed by atoms with E-state index in [4.69, 9.17) is 16.5 Å². The fourth-order valence-electron chi connectivity index (χ4n) is 9.47. The molecule has 0 radical (unpaired) electrons. The van der Waals surface area contributed by atoms with Gasteiger partial charge in [-0.2, -0.15) is 0 Å². The molecule has 0 N–H and O–H groups in total. The van der Waals surface area contributed by atoms with E-state index in [1.807, 2.05) is 42.5 Å². The minimum atomic E-state index is 0.586. The first-order valence-corrected chi connectivity index (χ1v) is 19.9. The van der Waals surface area contributed by atoms with Crippen LogP contribution in [0.1, 0.15) is 0 Å². The zero-order valence-corrected chi connectivity index (χ0v) is 31.8. The summed E-state index contributed by atoms with van der Waals surface area (Å²) in [5, 5.41) is 11.5. The van der Waals surface area contributed by atoms with Gasteiger partial charge in [0.25, 0.3) is 0 Å². The molecule has 2 aromatic heterocycles. The maximum Gasteiger partial charge on any atom is 0.235 e. The van der Waals surface area contributed by atoms with Crippen molar-refractivity contribution in [3.63, 3.8) is 0 Å². The van der Waals surface area contributed by atoms with Crippen LogP contribution in [-0.2, 0) is 0 Å². The summed E-state index contributed by atoms with van der Waals surface area (Å²) in [7, 11) is 0. The zero-order valence-electron chi connectivity index (χ0n) is 31.8. The van der Waals surface area contributed by atoms with E-state index < -0.39 is 0 Å². The molecule has 59 heavy (non-hydrogen) atoms. The molecular weight excluding hydrogens is 717 g/mol. The van der Waals surface area contributed by atoms with Crippen molar-refractivity contribution in [1.82, 2.24) is 14.5 Å². The van der Waals surface area contributed by atoms with Crippen LogP contribution in [0, 0.1) is 6.57 Å². The first kappa shape index (κ1) is 33.1. The van der Waals surface area contributed by atoms with E-state index in [1.165, 1.54) is 49.0 Å². The van der Waals surface area contributed by atoms with Crippen LogP contribution in [0.3, 0.4) is 0 Å². The molecule has 2 heterocycles. The monoisotopic (exact) mass is 748 g/mol. The predicted molar refractivity (Wildman–Crippen MR) is 246 cm³/mol. The highest BCUT2D eigenvalue weighted by Crippen LogP contribution is 2.50. The first-order valence-electron chi connectivity index (χ1n) is 19.9. The quantitative estimate of drug-likeness (QED) is 0.0998. The predicted octanol–water partition coefficient (Wildman–Crippen LogP) is 14.8. The smallest absolute Gasteiger partial charge is 0.235 e. The third kappa shape index (κ3) is 4.95. The highest BCUT2D eigenvalue weighted by atomic mass is 15.2. The van der Waals surface area contributed by atoms with Crippen LogP contribution in [0.25, 0.3) is 120 Å². The molecule has 0 aliphatic rings. The Morgan fingerprint density at radius 2 is 0.864 bits per heavy atom. The highest BCUT2D eigenvalue weighted by molar-refractivity contribution is 6.31. The number of nitrogens with zero attached hydrogens (tertiary/aromatic N) is 4. The summed E-state index contributed by atoms with van der Waals surface area (Å²) in [6.45, 7) is 8.17. The maximum atomic E-state index is 8.17. The average Bonchev–Trinajstić information content (AvgIpc) is 3.65. The van der Waals surface area contributed by atoms with Gasteiger partial charge >= 0.3 is 0 Å². The van der Waals surface area contributed by atoms with Crippen LogP contribution in [0.5, 0.6) is 0 Å². The SMILES string of the molecule is [C-]#[N+]c1ccc2c3c1ccc1c(-c4c5ccccc5c(-c5cccc6ccccc56)c5ccccc45)ccc(c13)n2-c1nc(-c2ccccc2)cc(-c2ccccc2)n1.